The van der Waals surface area contributed by atoms with Crippen LogP contribution in [-0.4, -0.2) is 9.97 Å². The zero-order valence-electron chi connectivity index (χ0n) is 9.17. The van der Waals surface area contributed by atoms with Gasteiger partial charge in [-0.3, -0.25) is 4.98 Å². The van der Waals surface area contributed by atoms with Crippen LogP contribution in [0.4, 0.5) is 5.82 Å². The largest absolute Gasteiger partial charge is 0.383 e. The van der Waals surface area contributed by atoms with Crippen LogP contribution < -0.4 is 5.73 Å². The highest BCUT2D eigenvalue weighted by atomic mass is 14.8. The highest BCUT2D eigenvalue weighted by Crippen LogP contribution is 2.25. The summed E-state index contributed by atoms with van der Waals surface area (Å²) in [5.41, 5.74) is 7.87. The quantitative estimate of drug-likeness (QED) is 0.687. The summed E-state index contributed by atoms with van der Waals surface area (Å²) >= 11 is 0. The van der Waals surface area contributed by atoms with Crippen molar-refractivity contribution >= 4 is 16.6 Å². The molecule has 0 aliphatic rings. The smallest absolute Gasteiger partial charge is 0.131 e. The SMILES string of the molecule is Nc1nc(-c2ccncc2)cc2ccccc12. The molecule has 3 aromatic rings. The van der Waals surface area contributed by atoms with Gasteiger partial charge in [0.05, 0.1) is 5.69 Å². The van der Waals surface area contributed by atoms with Crippen LogP contribution in [0, 0.1) is 0 Å². The Kier molecular flexibility index (Phi) is 2.22. The Bertz CT molecular complexity index is 663. The third kappa shape index (κ3) is 1.72. The first-order chi connectivity index (χ1) is 8.34. The highest BCUT2D eigenvalue weighted by Gasteiger charge is 2.04. The molecule has 0 atom stereocenters. The van der Waals surface area contributed by atoms with E-state index in [0.717, 1.165) is 22.0 Å². The fourth-order valence-electron chi connectivity index (χ4n) is 1.90. The molecular weight excluding hydrogens is 210 g/mol. The molecule has 2 heterocycles. The minimum atomic E-state index is 0.565. The number of aromatic nitrogens is 2. The summed E-state index contributed by atoms with van der Waals surface area (Å²) in [7, 11) is 0. The van der Waals surface area contributed by atoms with Crippen LogP contribution in [-0.2, 0) is 0 Å². The number of fused-ring (bicyclic) bond motifs is 1. The number of hydrogen-bond acceptors (Lipinski definition) is 3. The van der Waals surface area contributed by atoms with E-state index >= 15 is 0 Å². The number of rotatable bonds is 1. The van der Waals surface area contributed by atoms with E-state index in [2.05, 4.69) is 9.97 Å². The molecule has 0 unspecified atom stereocenters. The topological polar surface area (TPSA) is 51.8 Å². The second kappa shape index (κ2) is 3.87. The van der Waals surface area contributed by atoms with Crippen LogP contribution >= 0.6 is 0 Å². The van der Waals surface area contributed by atoms with E-state index in [-0.39, 0.29) is 0 Å². The first-order valence-corrected chi connectivity index (χ1v) is 5.40. The lowest BCUT2D eigenvalue weighted by molar-refractivity contribution is 1.30. The number of nitrogen functional groups attached to an aromatic ring is 1. The molecule has 3 nitrogen and oxygen atoms in total. The monoisotopic (exact) mass is 221 g/mol. The van der Waals surface area contributed by atoms with E-state index in [1.165, 1.54) is 0 Å². The predicted molar refractivity (Wildman–Crippen MR) is 69.4 cm³/mol. The second-order valence-electron chi connectivity index (χ2n) is 3.85. The van der Waals surface area contributed by atoms with Crippen molar-refractivity contribution in [3.8, 4) is 11.3 Å². The van der Waals surface area contributed by atoms with Gasteiger partial charge >= 0.3 is 0 Å². The summed E-state index contributed by atoms with van der Waals surface area (Å²) in [4.78, 5) is 8.42. The molecule has 0 aliphatic heterocycles. The Balaban J connectivity index is 2.26. The lowest BCUT2D eigenvalue weighted by atomic mass is 10.1. The van der Waals surface area contributed by atoms with Crippen molar-refractivity contribution in [1.82, 2.24) is 9.97 Å². The molecule has 0 saturated carbocycles. The molecule has 0 amide bonds. The van der Waals surface area contributed by atoms with Gasteiger partial charge < -0.3 is 5.73 Å². The maximum atomic E-state index is 5.97. The minimum absolute atomic E-state index is 0.565. The molecule has 0 spiro atoms. The average Bonchev–Trinajstić information content (AvgIpc) is 2.40. The van der Waals surface area contributed by atoms with Crippen molar-refractivity contribution in [2.75, 3.05) is 5.73 Å². The first-order valence-electron chi connectivity index (χ1n) is 5.40. The van der Waals surface area contributed by atoms with Crippen LogP contribution in [0.15, 0.2) is 54.9 Å². The summed E-state index contributed by atoms with van der Waals surface area (Å²) in [6.45, 7) is 0. The van der Waals surface area contributed by atoms with Gasteiger partial charge in [-0.15, -0.1) is 0 Å². The standard InChI is InChI=1S/C14H11N3/c15-14-12-4-2-1-3-11(12)9-13(17-14)10-5-7-16-8-6-10/h1-9H,(H2,15,17). The van der Waals surface area contributed by atoms with Crippen LogP contribution in [0.1, 0.15) is 0 Å². The molecule has 2 N–H and O–H groups in total. The van der Waals surface area contributed by atoms with Gasteiger partial charge in [-0.05, 0) is 23.6 Å². The maximum Gasteiger partial charge on any atom is 0.131 e. The van der Waals surface area contributed by atoms with Gasteiger partial charge in [0.25, 0.3) is 0 Å². The van der Waals surface area contributed by atoms with Crippen molar-refractivity contribution in [3.63, 3.8) is 0 Å². The van der Waals surface area contributed by atoms with Crippen LogP contribution in [0.2, 0.25) is 0 Å². The average molecular weight is 221 g/mol. The highest BCUT2D eigenvalue weighted by molar-refractivity contribution is 5.93. The molecule has 0 saturated heterocycles. The van der Waals surface area contributed by atoms with Crippen molar-refractivity contribution in [2.24, 2.45) is 0 Å². The maximum absolute atomic E-state index is 5.97. The Morgan fingerprint density at radius 3 is 2.53 bits per heavy atom. The molecule has 3 heteroatoms. The molecule has 3 rings (SSSR count). The molecule has 0 aliphatic carbocycles. The van der Waals surface area contributed by atoms with Gasteiger partial charge in [0.1, 0.15) is 5.82 Å². The second-order valence-corrected chi connectivity index (χ2v) is 3.85. The van der Waals surface area contributed by atoms with Crippen LogP contribution in [0.25, 0.3) is 22.0 Å². The van der Waals surface area contributed by atoms with Gasteiger partial charge in [0, 0.05) is 23.3 Å². The first kappa shape index (κ1) is 9.78. The van der Waals surface area contributed by atoms with Gasteiger partial charge in [0.2, 0.25) is 0 Å². The molecule has 17 heavy (non-hydrogen) atoms. The van der Waals surface area contributed by atoms with Gasteiger partial charge in [-0.25, -0.2) is 4.98 Å². The lowest BCUT2D eigenvalue weighted by Crippen LogP contribution is -1.94. The zero-order chi connectivity index (χ0) is 11.7. The normalized spacial score (nSPS) is 10.6. The molecule has 0 radical (unpaired) electrons. The molecule has 2 aromatic heterocycles. The van der Waals surface area contributed by atoms with Gasteiger partial charge in [-0.2, -0.15) is 0 Å². The Hall–Kier alpha value is -2.42. The summed E-state index contributed by atoms with van der Waals surface area (Å²) in [6.07, 6.45) is 3.50. The van der Waals surface area contributed by atoms with E-state index < -0.39 is 0 Å². The fourth-order valence-corrected chi connectivity index (χ4v) is 1.90. The van der Waals surface area contributed by atoms with Gasteiger partial charge in [-0.1, -0.05) is 24.3 Å². The lowest BCUT2D eigenvalue weighted by Gasteiger charge is -2.05. The van der Waals surface area contributed by atoms with E-state index in [0.29, 0.717) is 5.82 Å². The summed E-state index contributed by atoms with van der Waals surface area (Å²) < 4.78 is 0. The number of pyridine rings is 2. The Morgan fingerprint density at radius 1 is 0.941 bits per heavy atom. The van der Waals surface area contributed by atoms with E-state index in [9.17, 15) is 0 Å². The number of benzene rings is 1. The summed E-state index contributed by atoms with van der Waals surface area (Å²) in [6, 6.07) is 13.9. The third-order valence-corrected chi connectivity index (χ3v) is 2.75. The van der Waals surface area contributed by atoms with Crippen LogP contribution in [0.5, 0.6) is 0 Å². The third-order valence-electron chi connectivity index (χ3n) is 2.75. The van der Waals surface area contributed by atoms with Crippen LogP contribution in [0.3, 0.4) is 0 Å². The van der Waals surface area contributed by atoms with E-state index in [1.807, 2.05) is 42.5 Å². The van der Waals surface area contributed by atoms with E-state index in [1.54, 1.807) is 12.4 Å². The van der Waals surface area contributed by atoms with Gasteiger partial charge in [0.15, 0.2) is 0 Å². The zero-order valence-corrected chi connectivity index (χ0v) is 9.17. The number of nitrogens with two attached hydrogens (primary N) is 1. The van der Waals surface area contributed by atoms with Crippen molar-refractivity contribution in [2.45, 2.75) is 0 Å². The minimum Gasteiger partial charge on any atom is -0.383 e. The Labute approximate surface area is 98.9 Å². The van der Waals surface area contributed by atoms with E-state index in [4.69, 9.17) is 5.73 Å². The molecule has 0 bridgehead atoms. The summed E-state index contributed by atoms with van der Waals surface area (Å²) in [5.74, 6) is 0.565. The molecule has 82 valence electrons. The van der Waals surface area contributed by atoms with Crippen molar-refractivity contribution in [1.29, 1.82) is 0 Å². The molecular formula is C14H11N3. The molecule has 1 aromatic carbocycles. The summed E-state index contributed by atoms with van der Waals surface area (Å²) in [5, 5.41) is 2.09. The number of nitrogens with zero attached hydrogens (tertiary/aromatic N) is 2. The fraction of sp³-hybridized carbons (Fsp3) is 0. The Morgan fingerprint density at radius 2 is 1.71 bits per heavy atom. The number of anilines is 1. The van der Waals surface area contributed by atoms with Crippen molar-refractivity contribution < 1.29 is 0 Å². The number of hydrogen-bond donors (Lipinski definition) is 1. The molecule has 0 fully saturated rings. The predicted octanol–water partition coefficient (Wildman–Crippen LogP) is 2.88. The van der Waals surface area contributed by atoms with Crippen molar-refractivity contribution in [3.05, 3.63) is 54.9 Å².